The lowest BCUT2D eigenvalue weighted by Gasteiger charge is -2.14. The first-order valence-electron chi connectivity index (χ1n) is 6.52. The number of anilines is 1. The minimum absolute atomic E-state index is 0.184. The predicted octanol–water partition coefficient (Wildman–Crippen LogP) is 1.84. The molecule has 0 aliphatic carbocycles. The van der Waals surface area contributed by atoms with Crippen LogP contribution in [-0.4, -0.2) is 29.0 Å². The number of fused-ring (bicyclic) bond motifs is 1. The SMILES string of the molecule is O=C(NCCn1ncc2c1CCOC2)Nc1cccs1. The summed E-state index contributed by atoms with van der Waals surface area (Å²) in [5.74, 6) is 0. The third-order valence-electron chi connectivity index (χ3n) is 3.14. The monoisotopic (exact) mass is 292 g/mol. The fraction of sp³-hybridized carbons (Fsp3) is 0.385. The molecule has 2 amide bonds. The number of carbonyl (C=O) groups excluding carboxylic acids is 1. The number of amides is 2. The lowest BCUT2D eigenvalue weighted by atomic mass is 10.2. The van der Waals surface area contributed by atoms with E-state index in [1.807, 2.05) is 28.4 Å². The average molecular weight is 292 g/mol. The molecule has 7 heteroatoms. The summed E-state index contributed by atoms with van der Waals surface area (Å²) in [4.78, 5) is 11.7. The number of hydrogen-bond donors (Lipinski definition) is 2. The Labute approximate surface area is 120 Å². The number of nitrogens with one attached hydrogen (secondary N) is 2. The van der Waals surface area contributed by atoms with Crippen molar-refractivity contribution in [3.63, 3.8) is 0 Å². The van der Waals surface area contributed by atoms with Crippen molar-refractivity contribution in [1.82, 2.24) is 15.1 Å². The summed E-state index contributed by atoms with van der Waals surface area (Å²) in [6, 6.07) is 3.59. The van der Waals surface area contributed by atoms with Crippen LogP contribution in [0.3, 0.4) is 0 Å². The Morgan fingerprint density at radius 3 is 3.35 bits per heavy atom. The zero-order valence-electron chi connectivity index (χ0n) is 11.0. The molecular weight excluding hydrogens is 276 g/mol. The molecule has 0 spiro atoms. The van der Waals surface area contributed by atoms with Crippen LogP contribution in [0, 0.1) is 0 Å². The molecule has 0 aromatic carbocycles. The van der Waals surface area contributed by atoms with Gasteiger partial charge in [-0.25, -0.2) is 4.79 Å². The zero-order valence-corrected chi connectivity index (χ0v) is 11.8. The maximum atomic E-state index is 11.7. The standard InChI is InChI=1S/C13H16N4O2S/c18-13(16-12-2-1-7-20-12)14-4-5-17-11-3-6-19-9-10(11)8-15-17/h1-2,7-8H,3-6,9H2,(H2,14,16,18). The zero-order chi connectivity index (χ0) is 13.8. The fourth-order valence-electron chi connectivity index (χ4n) is 2.18. The molecule has 0 radical (unpaired) electrons. The van der Waals surface area contributed by atoms with E-state index in [9.17, 15) is 4.79 Å². The van der Waals surface area contributed by atoms with Crippen molar-refractivity contribution < 1.29 is 9.53 Å². The van der Waals surface area contributed by atoms with Gasteiger partial charge in [-0.3, -0.25) is 10.00 Å². The van der Waals surface area contributed by atoms with E-state index in [-0.39, 0.29) is 6.03 Å². The van der Waals surface area contributed by atoms with Crippen molar-refractivity contribution in [2.75, 3.05) is 18.5 Å². The molecule has 0 bridgehead atoms. The van der Waals surface area contributed by atoms with Gasteiger partial charge in [0.25, 0.3) is 0 Å². The molecule has 0 saturated heterocycles. The Bertz CT molecular complexity index is 579. The number of rotatable bonds is 4. The average Bonchev–Trinajstić information content (AvgIpc) is 3.09. The molecule has 3 rings (SSSR count). The minimum Gasteiger partial charge on any atom is -0.376 e. The Balaban J connectivity index is 1.48. The van der Waals surface area contributed by atoms with Crippen LogP contribution in [0.15, 0.2) is 23.7 Å². The molecule has 2 N–H and O–H groups in total. The topological polar surface area (TPSA) is 68.2 Å². The first-order valence-corrected chi connectivity index (χ1v) is 7.40. The van der Waals surface area contributed by atoms with Gasteiger partial charge < -0.3 is 10.1 Å². The molecule has 2 aromatic heterocycles. The van der Waals surface area contributed by atoms with Gasteiger partial charge in [0.1, 0.15) is 0 Å². The van der Waals surface area contributed by atoms with Crippen molar-refractivity contribution in [2.45, 2.75) is 19.6 Å². The largest absolute Gasteiger partial charge is 0.376 e. The van der Waals surface area contributed by atoms with E-state index in [1.165, 1.54) is 17.0 Å². The van der Waals surface area contributed by atoms with Gasteiger partial charge in [0.2, 0.25) is 0 Å². The third-order valence-corrected chi connectivity index (χ3v) is 3.93. The third kappa shape index (κ3) is 3.00. The highest BCUT2D eigenvalue weighted by Gasteiger charge is 2.15. The lowest BCUT2D eigenvalue weighted by molar-refractivity contribution is 0.109. The van der Waals surface area contributed by atoms with Crippen molar-refractivity contribution in [3.05, 3.63) is 35.0 Å². The van der Waals surface area contributed by atoms with Gasteiger partial charge in [0.05, 0.1) is 31.0 Å². The van der Waals surface area contributed by atoms with Crippen LogP contribution in [0.4, 0.5) is 9.80 Å². The van der Waals surface area contributed by atoms with Crippen LogP contribution in [-0.2, 0) is 24.3 Å². The maximum Gasteiger partial charge on any atom is 0.319 e. The number of carbonyl (C=O) groups is 1. The first-order chi connectivity index (χ1) is 9.83. The van der Waals surface area contributed by atoms with Crippen molar-refractivity contribution in [3.8, 4) is 0 Å². The number of ether oxygens (including phenoxy) is 1. The van der Waals surface area contributed by atoms with E-state index < -0.39 is 0 Å². The quantitative estimate of drug-likeness (QED) is 0.903. The molecule has 106 valence electrons. The van der Waals surface area contributed by atoms with E-state index in [4.69, 9.17) is 4.74 Å². The summed E-state index contributed by atoms with van der Waals surface area (Å²) in [6.45, 7) is 2.60. The number of aromatic nitrogens is 2. The number of thiophene rings is 1. The van der Waals surface area contributed by atoms with Gasteiger partial charge in [-0.05, 0) is 17.5 Å². The molecule has 20 heavy (non-hydrogen) atoms. The maximum absolute atomic E-state index is 11.7. The highest BCUT2D eigenvalue weighted by molar-refractivity contribution is 7.14. The van der Waals surface area contributed by atoms with Gasteiger partial charge >= 0.3 is 6.03 Å². The summed E-state index contributed by atoms with van der Waals surface area (Å²) in [5, 5.41) is 12.7. The van der Waals surface area contributed by atoms with Crippen LogP contribution < -0.4 is 10.6 Å². The fourth-order valence-corrected chi connectivity index (χ4v) is 2.80. The molecule has 6 nitrogen and oxygen atoms in total. The molecule has 1 aliphatic heterocycles. The van der Waals surface area contributed by atoms with Crippen LogP contribution in [0.5, 0.6) is 0 Å². The Morgan fingerprint density at radius 1 is 1.55 bits per heavy atom. The summed E-state index contributed by atoms with van der Waals surface area (Å²) in [6.07, 6.45) is 2.73. The molecule has 0 fully saturated rings. The summed E-state index contributed by atoms with van der Waals surface area (Å²) in [5.41, 5.74) is 2.37. The second-order valence-electron chi connectivity index (χ2n) is 4.50. The van der Waals surface area contributed by atoms with E-state index in [0.29, 0.717) is 19.7 Å². The normalized spacial score (nSPS) is 13.8. The van der Waals surface area contributed by atoms with Crippen LogP contribution in [0.25, 0.3) is 0 Å². The Morgan fingerprint density at radius 2 is 2.50 bits per heavy atom. The highest BCUT2D eigenvalue weighted by Crippen LogP contribution is 2.16. The van der Waals surface area contributed by atoms with Gasteiger partial charge in [0, 0.05) is 24.2 Å². The van der Waals surface area contributed by atoms with Crippen LogP contribution in [0.1, 0.15) is 11.3 Å². The Kier molecular flexibility index (Phi) is 3.98. The molecule has 0 saturated carbocycles. The van der Waals surface area contributed by atoms with E-state index in [1.54, 1.807) is 0 Å². The molecule has 0 atom stereocenters. The predicted molar refractivity (Wildman–Crippen MR) is 76.9 cm³/mol. The van der Waals surface area contributed by atoms with E-state index >= 15 is 0 Å². The number of nitrogens with zero attached hydrogens (tertiary/aromatic N) is 2. The molecule has 3 heterocycles. The minimum atomic E-state index is -0.184. The van der Waals surface area contributed by atoms with Crippen molar-refractivity contribution in [1.29, 1.82) is 0 Å². The van der Waals surface area contributed by atoms with Crippen molar-refractivity contribution in [2.24, 2.45) is 0 Å². The van der Waals surface area contributed by atoms with Gasteiger partial charge in [0.15, 0.2) is 0 Å². The second-order valence-corrected chi connectivity index (χ2v) is 5.45. The molecule has 2 aromatic rings. The number of hydrogen-bond acceptors (Lipinski definition) is 4. The summed E-state index contributed by atoms with van der Waals surface area (Å²) >= 11 is 1.50. The number of urea groups is 1. The molecule has 0 unspecified atom stereocenters. The highest BCUT2D eigenvalue weighted by atomic mass is 32.1. The molecule has 1 aliphatic rings. The second kappa shape index (κ2) is 6.06. The first kappa shape index (κ1) is 13.1. The summed E-state index contributed by atoms with van der Waals surface area (Å²) in [7, 11) is 0. The molecular formula is C13H16N4O2S. The van der Waals surface area contributed by atoms with Gasteiger partial charge in [-0.1, -0.05) is 0 Å². The van der Waals surface area contributed by atoms with Gasteiger partial charge in [-0.2, -0.15) is 5.10 Å². The lowest BCUT2D eigenvalue weighted by Crippen LogP contribution is -2.31. The van der Waals surface area contributed by atoms with Crippen molar-refractivity contribution >= 4 is 22.4 Å². The van der Waals surface area contributed by atoms with Crippen LogP contribution in [0.2, 0.25) is 0 Å². The van der Waals surface area contributed by atoms with E-state index in [0.717, 1.165) is 23.6 Å². The Hall–Kier alpha value is -1.86. The summed E-state index contributed by atoms with van der Waals surface area (Å²) < 4.78 is 7.33. The van der Waals surface area contributed by atoms with Gasteiger partial charge in [-0.15, -0.1) is 11.3 Å². The smallest absolute Gasteiger partial charge is 0.319 e. The van der Waals surface area contributed by atoms with E-state index in [2.05, 4.69) is 15.7 Å². The van der Waals surface area contributed by atoms with Crippen LogP contribution >= 0.6 is 11.3 Å².